The van der Waals surface area contributed by atoms with E-state index in [0.29, 0.717) is 0 Å². The Balaban J connectivity index is 3.65. The van der Waals surface area contributed by atoms with Gasteiger partial charge in [0.05, 0.1) is 0 Å². The minimum Gasteiger partial charge on any atom is -0.429 e. The predicted octanol–water partition coefficient (Wildman–Crippen LogP) is 2.87. The number of alkyl halides is 3. The summed E-state index contributed by atoms with van der Waals surface area (Å²) in [5.74, 6) is 0. The Labute approximate surface area is 87.6 Å². The van der Waals surface area contributed by atoms with Gasteiger partial charge in [-0.1, -0.05) is 34.8 Å². The third kappa shape index (κ3) is 8.20. The van der Waals surface area contributed by atoms with Crippen molar-refractivity contribution in [2.24, 2.45) is 0 Å². The largest absolute Gasteiger partial charge is 0.517 e. The maximum Gasteiger partial charge on any atom is 0.517 e. The van der Waals surface area contributed by atoms with Gasteiger partial charge in [0.1, 0.15) is 6.61 Å². The van der Waals surface area contributed by atoms with E-state index >= 15 is 0 Å². The summed E-state index contributed by atoms with van der Waals surface area (Å²) in [6, 6.07) is 0. The first kappa shape index (κ1) is 12.1. The van der Waals surface area contributed by atoms with E-state index in [2.05, 4.69) is 21.1 Å². The molecule has 0 aliphatic rings. The SMILES string of the molecule is O=C(Cl)OC(=O)OCC(Cl)(Cl)Cl. The Morgan fingerprint density at radius 2 is 1.75 bits per heavy atom. The summed E-state index contributed by atoms with van der Waals surface area (Å²) in [5, 5.41) is 0. The van der Waals surface area contributed by atoms with Crippen LogP contribution in [-0.2, 0) is 9.47 Å². The molecular weight excluding hydrogens is 254 g/mol. The highest BCUT2D eigenvalue weighted by molar-refractivity contribution is 6.67. The van der Waals surface area contributed by atoms with Crippen LogP contribution in [0.15, 0.2) is 0 Å². The first-order valence-corrected chi connectivity index (χ1v) is 3.93. The molecule has 0 aromatic rings. The molecule has 0 N–H and O–H groups in total. The van der Waals surface area contributed by atoms with Gasteiger partial charge in [-0.25, -0.2) is 9.59 Å². The van der Waals surface area contributed by atoms with Crippen molar-refractivity contribution < 1.29 is 19.1 Å². The average molecular weight is 256 g/mol. The molecule has 0 aliphatic carbocycles. The number of halogens is 4. The van der Waals surface area contributed by atoms with Crippen LogP contribution in [0.2, 0.25) is 0 Å². The standard InChI is InChI=1S/C4H2Cl4O4/c5-2(9)12-3(10)11-1-4(6,7)8/h1H2. The molecule has 0 unspecified atom stereocenters. The van der Waals surface area contributed by atoms with E-state index in [-0.39, 0.29) is 0 Å². The molecule has 0 aromatic carbocycles. The van der Waals surface area contributed by atoms with Crippen molar-refractivity contribution in [2.75, 3.05) is 6.61 Å². The quantitative estimate of drug-likeness (QED) is 0.313. The van der Waals surface area contributed by atoms with Crippen LogP contribution < -0.4 is 0 Å². The van der Waals surface area contributed by atoms with Crippen LogP contribution in [0.5, 0.6) is 0 Å². The van der Waals surface area contributed by atoms with Crippen LogP contribution in [0, 0.1) is 0 Å². The molecule has 0 aromatic heterocycles. The first-order chi connectivity index (χ1) is 5.31. The highest BCUT2D eigenvalue weighted by Gasteiger charge is 2.23. The summed E-state index contributed by atoms with van der Waals surface area (Å²) in [5.41, 5.74) is -1.32. The highest BCUT2D eigenvalue weighted by atomic mass is 35.6. The van der Waals surface area contributed by atoms with E-state index in [4.69, 9.17) is 34.8 Å². The second kappa shape index (κ2) is 4.97. The third-order valence-corrected chi connectivity index (χ3v) is 0.922. The lowest BCUT2D eigenvalue weighted by atomic mass is 10.8. The molecule has 0 heterocycles. The van der Waals surface area contributed by atoms with E-state index in [1.54, 1.807) is 0 Å². The molecule has 0 spiro atoms. The Morgan fingerprint density at radius 3 is 2.08 bits per heavy atom. The number of ether oxygens (including phenoxy) is 2. The second-order valence-electron chi connectivity index (χ2n) is 1.49. The van der Waals surface area contributed by atoms with E-state index in [1.807, 2.05) is 0 Å². The van der Waals surface area contributed by atoms with E-state index in [9.17, 15) is 9.59 Å². The van der Waals surface area contributed by atoms with Crippen molar-refractivity contribution in [3.63, 3.8) is 0 Å². The zero-order valence-electron chi connectivity index (χ0n) is 5.35. The van der Waals surface area contributed by atoms with Gasteiger partial charge in [0.25, 0.3) is 0 Å². The van der Waals surface area contributed by atoms with Gasteiger partial charge in [-0.2, -0.15) is 0 Å². The molecule has 0 saturated carbocycles. The number of hydrogen-bond donors (Lipinski definition) is 0. The molecule has 8 heteroatoms. The van der Waals surface area contributed by atoms with E-state index in [1.165, 1.54) is 0 Å². The topological polar surface area (TPSA) is 52.6 Å². The average Bonchev–Trinajstić information content (AvgIpc) is 1.80. The Hall–Kier alpha value is 0.1000. The predicted molar refractivity (Wildman–Crippen MR) is 44.0 cm³/mol. The molecule has 0 rings (SSSR count). The van der Waals surface area contributed by atoms with Gasteiger partial charge >= 0.3 is 11.6 Å². The normalized spacial score (nSPS) is 10.7. The molecule has 0 radical (unpaired) electrons. The molecule has 70 valence electrons. The van der Waals surface area contributed by atoms with Crippen LogP contribution in [-0.4, -0.2) is 22.0 Å². The van der Waals surface area contributed by atoms with Gasteiger partial charge < -0.3 is 9.47 Å². The Bertz CT molecular complexity index is 186. The van der Waals surface area contributed by atoms with Crippen molar-refractivity contribution in [1.29, 1.82) is 0 Å². The second-order valence-corrected chi connectivity index (χ2v) is 4.32. The maximum absolute atomic E-state index is 10.4. The molecule has 0 atom stereocenters. The van der Waals surface area contributed by atoms with Gasteiger partial charge in [0.2, 0.25) is 3.79 Å². The smallest absolute Gasteiger partial charge is 0.429 e. The maximum atomic E-state index is 10.4. The molecule has 0 saturated heterocycles. The third-order valence-electron chi connectivity index (χ3n) is 0.517. The van der Waals surface area contributed by atoms with E-state index < -0.39 is 22.0 Å². The molecule has 4 nitrogen and oxygen atoms in total. The summed E-state index contributed by atoms with van der Waals surface area (Å²) >= 11 is 20.2. The van der Waals surface area contributed by atoms with Crippen LogP contribution >= 0.6 is 46.4 Å². The lowest BCUT2D eigenvalue weighted by molar-refractivity contribution is 0.0844. The van der Waals surface area contributed by atoms with Crippen molar-refractivity contribution in [3.8, 4) is 0 Å². The lowest BCUT2D eigenvalue weighted by Crippen LogP contribution is -2.18. The lowest BCUT2D eigenvalue weighted by Gasteiger charge is -2.09. The highest BCUT2D eigenvalue weighted by Crippen LogP contribution is 2.25. The van der Waals surface area contributed by atoms with Crippen LogP contribution in [0.3, 0.4) is 0 Å². The monoisotopic (exact) mass is 254 g/mol. The fourth-order valence-corrected chi connectivity index (χ4v) is 0.462. The molecule has 12 heavy (non-hydrogen) atoms. The van der Waals surface area contributed by atoms with Crippen molar-refractivity contribution in [2.45, 2.75) is 3.79 Å². The summed E-state index contributed by atoms with van der Waals surface area (Å²) in [7, 11) is 0. The Kier molecular flexibility index (Phi) is 5.01. The van der Waals surface area contributed by atoms with Gasteiger partial charge in [0, 0.05) is 11.6 Å². The van der Waals surface area contributed by atoms with Crippen LogP contribution in [0.25, 0.3) is 0 Å². The fraction of sp³-hybridized carbons (Fsp3) is 0.500. The summed E-state index contributed by atoms with van der Waals surface area (Å²) in [6.07, 6.45) is -1.32. The van der Waals surface area contributed by atoms with Gasteiger partial charge in [0.15, 0.2) is 0 Å². The molecule has 0 amide bonds. The Morgan fingerprint density at radius 1 is 1.25 bits per heavy atom. The van der Waals surface area contributed by atoms with Crippen LogP contribution in [0.4, 0.5) is 9.59 Å². The zero-order valence-corrected chi connectivity index (χ0v) is 8.38. The summed E-state index contributed by atoms with van der Waals surface area (Å²) < 4.78 is 6.15. The van der Waals surface area contributed by atoms with Crippen molar-refractivity contribution in [3.05, 3.63) is 0 Å². The summed E-state index contributed by atoms with van der Waals surface area (Å²) in [4.78, 5) is 20.3. The first-order valence-electron chi connectivity index (χ1n) is 2.42. The minimum atomic E-state index is -1.74. The fourth-order valence-electron chi connectivity index (χ4n) is 0.236. The number of carbonyl (C=O) groups excluding carboxylic acids is 2. The minimum absolute atomic E-state index is 0.527. The van der Waals surface area contributed by atoms with E-state index in [0.717, 1.165) is 0 Å². The van der Waals surface area contributed by atoms with Crippen molar-refractivity contribution in [1.82, 2.24) is 0 Å². The number of hydrogen-bond acceptors (Lipinski definition) is 4. The van der Waals surface area contributed by atoms with Gasteiger partial charge in [-0.15, -0.1) is 0 Å². The molecular formula is C4H2Cl4O4. The molecule has 0 bridgehead atoms. The summed E-state index contributed by atoms with van der Waals surface area (Å²) in [6.45, 7) is -0.527. The molecule has 0 aliphatic heterocycles. The molecule has 0 fully saturated rings. The zero-order chi connectivity index (χ0) is 9.78. The van der Waals surface area contributed by atoms with Crippen molar-refractivity contribution >= 4 is 58.0 Å². The van der Waals surface area contributed by atoms with Gasteiger partial charge in [-0.05, 0) is 0 Å². The van der Waals surface area contributed by atoms with Crippen LogP contribution in [0.1, 0.15) is 0 Å². The number of carbonyl (C=O) groups is 2. The van der Waals surface area contributed by atoms with Gasteiger partial charge in [-0.3, -0.25) is 0 Å². The number of rotatable bonds is 1.